The van der Waals surface area contributed by atoms with Crippen LogP contribution in [0.25, 0.3) is 0 Å². The van der Waals surface area contributed by atoms with Gasteiger partial charge in [-0.25, -0.2) is 0 Å². The van der Waals surface area contributed by atoms with E-state index in [2.05, 4.69) is 12.1 Å². The van der Waals surface area contributed by atoms with Crippen molar-refractivity contribution in [3.8, 4) is 5.75 Å². The maximum atomic E-state index is 5.97. The molecule has 0 aliphatic rings. The highest BCUT2D eigenvalue weighted by atomic mass is 16.5. The molecule has 1 atom stereocenters. The van der Waals surface area contributed by atoms with E-state index in [1.807, 2.05) is 38.1 Å². The first-order chi connectivity index (χ1) is 9.11. The normalized spacial score (nSPS) is 12.4. The Kier molecular flexibility index (Phi) is 4.22. The van der Waals surface area contributed by atoms with Crippen molar-refractivity contribution in [1.82, 2.24) is 5.16 Å². The van der Waals surface area contributed by atoms with Crippen LogP contribution in [0.15, 0.2) is 28.8 Å². The van der Waals surface area contributed by atoms with Gasteiger partial charge in [-0.1, -0.05) is 24.2 Å². The number of nitrogens with zero attached hydrogens (tertiary/aromatic N) is 1. The van der Waals surface area contributed by atoms with Crippen molar-refractivity contribution < 1.29 is 9.26 Å². The first-order valence-electron chi connectivity index (χ1n) is 6.52. The maximum Gasteiger partial charge on any atom is 0.140 e. The highest BCUT2D eigenvalue weighted by molar-refractivity contribution is 5.29. The predicted molar refractivity (Wildman–Crippen MR) is 74.0 cm³/mol. The molecule has 4 nitrogen and oxygen atoms in total. The van der Waals surface area contributed by atoms with Gasteiger partial charge in [0.25, 0.3) is 0 Å². The van der Waals surface area contributed by atoms with Crippen LogP contribution in [0.5, 0.6) is 5.75 Å². The average molecular weight is 260 g/mol. The van der Waals surface area contributed by atoms with Crippen LogP contribution >= 0.6 is 0 Å². The molecule has 1 heterocycles. The Labute approximate surface area is 113 Å². The van der Waals surface area contributed by atoms with Crippen LogP contribution in [-0.2, 0) is 6.61 Å². The van der Waals surface area contributed by atoms with Gasteiger partial charge in [0.2, 0.25) is 0 Å². The summed E-state index contributed by atoms with van der Waals surface area (Å²) in [5.41, 5.74) is 8.99. The summed E-state index contributed by atoms with van der Waals surface area (Å²) in [5, 5.41) is 3.91. The molecule has 0 fully saturated rings. The second-order valence-corrected chi connectivity index (χ2v) is 4.68. The van der Waals surface area contributed by atoms with Crippen molar-refractivity contribution in [2.45, 2.75) is 39.8 Å². The van der Waals surface area contributed by atoms with Crippen LogP contribution in [0.2, 0.25) is 0 Å². The molecule has 19 heavy (non-hydrogen) atoms. The van der Waals surface area contributed by atoms with Gasteiger partial charge in [0.15, 0.2) is 0 Å². The minimum absolute atomic E-state index is 0.0941. The molecule has 1 aromatic heterocycles. The molecule has 0 saturated heterocycles. The molecular weight excluding hydrogens is 240 g/mol. The van der Waals surface area contributed by atoms with Crippen LogP contribution in [0.3, 0.4) is 0 Å². The van der Waals surface area contributed by atoms with E-state index in [0.717, 1.165) is 34.8 Å². The summed E-state index contributed by atoms with van der Waals surface area (Å²) in [6, 6.07) is 8.01. The molecule has 0 unspecified atom stereocenters. The molecule has 1 aromatic carbocycles. The summed E-state index contributed by atoms with van der Waals surface area (Å²) < 4.78 is 10.8. The SMILES string of the molecule is CC[C@H](N)c1ccc(OCc2c(C)noc2C)cc1. The van der Waals surface area contributed by atoms with Gasteiger partial charge in [-0.2, -0.15) is 0 Å². The van der Waals surface area contributed by atoms with Crippen molar-refractivity contribution in [2.24, 2.45) is 5.73 Å². The molecule has 2 rings (SSSR count). The number of benzene rings is 1. The zero-order valence-corrected chi connectivity index (χ0v) is 11.6. The van der Waals surface area contributed by atoms with E-state index in [-0.39, 0.29) is 6.04 Å². The van der Waals surface area contributed by atoms with Gasteiger partial charge in [0.05, 0.1) is 11.3 Å². The molecule has 2 aromatic rings. The van der Waals surface area contributed by atoms with Crippen LogP contribution in [0, 0.1) is 13.8 Å². The number of aryl methyl sites for hydroxylation is 2. The Morgan fingerprint density at radius 2 is 1.95 bits per heavy atom. The third-order valence-electron chi connectivity index (χ3n) is 3.31. The largest absolute Gasteiger partial charge is 0.489 e. The molecule has 0 aliphatic heterocycles. The minimum Gasteiger partial charge on any atom is -0.489 e. The predicted octanol–water partition coefficient (Wildman–Crippen LogP) is 3.28. The smallest absolute Gasteiger partial charge is 0.140 e. The molecule has 0 bridgehead atoms. The van der Waals surface area contributed by atoms with Crippen LogP contribution in [0.1, 0.15) is 42.0 Å². The second kappa shape index (κ2) is 5.89. The fourth-order valence-electron chi connectivity index (χ4n) is 1.91. The number of ether oxygens (including phenoxy) is 1. The maximum absolute atomic E-state index is 5.97. The van der Waals surface area contributed by atoms with E-state index in [1.54, 1.807) is 0 Å². The van der Waals surface area contributed by atoms with Crippen molar-refractivity contribution in [3.05, 3.63) is 46.8 Å². The molecule has 0 spiro atoms. The third kappa shape index (κ3) is 3.15. The zero-order chi connectivity index (χ0) is 13.8. The topological polar surface area (TPSA) is 61.3 Å². The highest BCUT2D eigenvalue weighted by Crippen LogP contribution is 2.20. The monoisotopic (exact) mass is 260 g/mol. The summed E-state index contributed by atoms with van der Waals surface area (Å²) in [5.74, 6) is 1.63. The molecule has 4 heteroatoms. The lowest BCUT2D eigenvalue weighted by molar-refractivity contribution is 0.301. The lowest BCUT2D eigenvalue weighted by atomic mass is 10.1. The van der Waals surface area contributed by atoms with Crippen LogP contribution in [0.4, 0.5) is 0 Å². The van der Waals surface area contributed by atoms with Crippen LogP contribution < -0.4 is 10.5 Å². The van der Waals surface area contributed by atoms with Gasteiger partial charge in [-0.3, -0.25) is 0 Å². The second-order valence-electron chi connectivity index (χ2n) is 4.68. The van der Waals surface area contributed by atoms with Crippen molar-refractivity contribution >= 4 is 0 Å². The Morgan fingerprint density at radius 3 is 2.47 bits per heavy atom. The van der Waals surface area contributed by atoms with E-state index in [0.29, 0.717) is 6.61 Å². The Morgan fingerprint density at radius 1 is 1.26 bits per heavy atom. The fraction of sp³-hybridized carbons (Fsp3) is 0.400. The van der Waals surface area contributed by atoms with Gasteiger partial charge >= 0.3 is 0 Å². The first-order valence-corrected chi connectivity index (χ1v) is 6.52. The number of rotatable bonds is 5. The zero-order valence-electron chi connectivity index (χ0n) is 11.6. The Bertz CT molecular complexity index is 512. The number of hydrogen-bond acceptors (Lipinski definition) is 4. The summed E-state index contributed by atoms with van der Waals surface area (Å²) in [6.07, 6.45) is 0.930. The van der Waals surface area contributed by atoms with Gasteiger partial charge < -0.3 is 15.0 Å². The molecular formula is C15H20N2O2. The molecule has 0 aliphatic carbocycles. The van der Waals surface area contributed by atoms with E-state index < -0.39 is 0 Å². The number of hydrogen-bond donors (Lipinski definition) is 1. The summed E-state index contributed by atoms with van der Waals surface area (Å²) in [6.45, 7) is 6.35. The van der Waals surface area contributed by atoms with Gasteiger partial charge in [0, 0.05) is 6.04 Å². The van der Waals surface area contributed by atoms with Gasteiger partial charge in [0.1, 0.15) is 18.1 Å². The van der Waals surface area contributed by atoms with Gasteiger partial charge in [-0.05, 0) is 38.0 Å². The average Bonchev–Trinajstić information content (AvgIpc) is 2.75. The fourth-order valence-corrected chi connectivity index (χ4v) is 1.91. The van der Waals surface area contributed by atoms with Crippen molar-refractivity contribution in [3.63, 3.8) is 0 Å². The summed E-state index contributed by atoms with van der Waals surface area (Å²) >= 11 is 0. The van der Waals surface area contributed by atoms with E-state index in [1.165, 1.54) is 0 Å². The summed E-state index contributed by atoms with van der Waals surface area (Å²) in [7, 11) is 0. The molecule has 102 valence electrons. The lowest BCUT2D eigenvalue weighted by Crippen LogP contribution is -2.08. The van der Waals surface area contributed by atoms with Crippen LogP contribution in [-0.4, -0.2) is 5.16 Å². The lowest BCUT2D eigenvalue weighted by Gasteiger charge is -2.10. The standard InChI is InChI=1S/C15H20N2O2/c1-4-15(16)12-5-7-13(8-6-12)18-9-14-10(2)17-19-11(14)3/h5-8,15H,4,9,16H2,1-3H3/t15-/m0/s1. The van der Waals surface area contributed by atoms with E-state index in [4.69, 9.17) is 15.0 Å². The summed E-state index contributed by atoms with van der Waals surface area (Å²) in [4.78, 5) is 0. The molecule has 0 saturated carbocycles. The minimum atomic E-state index is 0.0941. The van der Waals surface area contributed by atoms with Crippen molar-refractivity contribution in [1.29, 1.82) is 0 Å². The highest BCUT2D eigenvalue weighted by Gasteiger charge is 2.09. The number of nitrogens with two attached hydrogens (primary N) is 1. The Balaban J connectivity index is 2.01. The molecule has 0 radical (unpaired) electrons. The number of aromatic nitrogens is 1. The van der Waals surface area contributed by atoms with Gasteiger partial charge in [-0.15, -0.1) is 0 Å². The molecule has 2 N–H and O–H groups in total. The quantitative estimate of drug-likeness (QED) is 0.896. The first kappa shape index (κ1) is 13.6. The van der Waals surface area contributed by atoms with E-state index in [9.17, 15) is 0 Å². The third-order valence-corrected chi connectivity index (χ3v) is 3.31. The van der Waals surface area contributed by atoms with Crippen molar-refractivity contribution in [2.75, 3.05) is 0 Å². The Hall–Kier alpha value is -1.81. The van der Waals surface area contributed by atoms with E-state index >= 15 is 0 Å². The molecule has 0 amide bonds.